The molecular formula is C3H2BOW-. The van der Waals surface area contributed by atoms with Gasteiger partial charge in [-0.3, -0.25) is 6.58 Å². The van der Waals surface area contributed by atoms with E-state index in [4.69, 9.17) is 0 Å². The summed E-state index contributed by atoms with van der Waals surface area (Å²) in [5, 5.41) is 0. The molecule has 0 aromatic heterocycles. The standard InChI is InChI=1S/C3H2BO.W/c1-2-3(4)5;/h1-2H;/q-1;. The molecule has 1 nitrogen and oxygen atoms in total. The molecule has 0 aromatic rings. The third kappa shape index (κ3) is 8.90. The first-order chi connectivity index (χ1) is 2.27. The molecule has 0 saturated carbocycles. The maximum Gasteiger partial charge on any atom is 0.0274 e. The first kappa shape index (κ1) is 9.48. The fourth-order valence-electron chi connectivity index (χ4n) is 0. The van der Waals surface area contributed by atoms with Crippen molar-refractivity contribution in [2.24, 2.45) is 0 Å². The molecule has 30 valence electrons. The van der Waals surface area contributed by atoms with E-state index in [1.807, 2.05) is 0 Å². The van der Waals surface area contributed by atoms with Crippen LogP contribution in [0.1, 0.15) is 0 Å². The number of hydrogen-bond acceptors (Lipinski definition) is 1. The van der Waals surface area contributed by atoms with Crippen molar-refractivity contribution < 1.29 is 25.9 Å². The summed E-state index contributed by atoms with van der Waals surface area (Å²) in [4.78, 5) is 9.41. The van der Waals surface area contributed by atoms with Gasteiger partial charge in [-0.25, -0.2) is 6.08 Å². The number of allylic oxidation sites excluding steroid dienone is 1. The molecule has 0 spiro atoms. The summed E-state index contributed by atoms with van der Waals surface area (Å²) in [7, 11) is 4.47. The van der Waals surface area contributed by atoms with Crippen molar-refractivity contribution in [2.45, 2.75) is 0 Å². The van der Waals surface area contributed by atoms with Crippen LogP contribution in [0.15, 0.2) is 6.08 Å². The molecule has 0 aliphatic rings. The average molecular weight is 249 g/mol. The molecule has 0 aliphatic carbocycles. The van der Waals surface area contributed by atoms with Crippen molar-refractivity contribution in [2.75, 3.05) is 0 Å². The van der Waals surface area contributed by atoms with Crippen molar-refractivity contribution in [1.29, 1.82) is 0 Å². The van der Waals surface area contributed by atoms with E-state index in [2.05, 4.69) is 14.4 Å². The predicted molar refractivity (Wildman–Crippen MR) is 19.6 cm³/mol. The zero-order chi connectivity index (χ0) is 4.28. The Hall–Kier alpha value is 0.163. The van der Waals surface area contributed by atoms with Gasteiger partial charge in [0.2, 0.25) is 0 Å². The van der Waals surface area contributed by atoms with Gasteiger partial charge in [-0.05, 0) is 5.68 Å². The van der Waals surface area contributed by atoms with Crippen LogP contribution in [-0.2, 0) is 25.9 Å². The second-order valence-corrected chi connectivity index (χ2v) is 0.569. The van der Waals surface area contributed by atoms with Gasteiger partial charge in [-0.1, -0.05) is 0 Å². The molecule has 0 heterocycles. The van der Waals surface area contributed by atoms with Gasteiger partial charge >= 0.3 is 0 Å². The second kappa shape index (κ2) is 5.16. The van der Waals surface area contributed by atoms with E-state index in [9.17, 15) is 4.79 Å². The molecule has 0 fully saturated rings. The summed E-state index contributed by atoms with van der Waals surface area (Å²) in [5.41, 5.74) is -0.593. The van der Waals surface area contributed by atoms with Crippen LogP contribution in [0.4, 0.5) is 0 Å². The fraction of sp³-hybridized carbons (Fsp3) is 0. The molecule has 0 saturated heterocycles. The molecule has 0 aromatic carbocycles. The number of carbonyl (C=O) groups excluding carboxylic acids is 1. The Morgan fingerprint density at radius 3 is 2.00 bits per heavy atom. The van der Waals surface area contributed by atoms with E-state index in [1.54, 1.807) is 0 Å². The Morgan fingerprint density at radius 1 is 1.83 bits per heavy atom. The Bertz CT molecular complexity index is 61.8. The second-order valence-electron chi connectivity index (χ2n) is 0.569. The minimum atomic E-state index is -0.593. The van der Waals surface area contributed by atoms with Gasteiger partial charge in [0.1, 0.15) is 0 Å². The summed E-state index contributed by atoms with van der Waals surface area (Å²) in [6.07, 6.45) is 0.806. The average Bonchev–Trinajstić information content (AvgIpc) is 1.38. The normalized spacial score (nSPS) is 5.33. The van der Waals surface area contributed by atoms with Gasteiger partial charge in [0.05, 0.1) is 0 Å². The minimum Gasteiger partial charge on any atom is -0.416 e. The molecule has 3 heteroatoms. The fourth-order valence-corrected chi connectivity index (χ4v) is 0. The van der Waals surface area contributed by atoms with Crippen LogP contribution in [0.3, 0.4) is 0 Å². The molecule has 2 radical (unpaired) electrons. The van der Waals surface area contributed by atoms with Gasteiger partial charge < -0.3 is 4.79 Å². The van der Waals surface area contributed by atoms with Gasteiger partial charge in [0.15, 0.2) is 0 Å². The molecule has 0 N–H and O–H groups in total. The van der Waals surface area contributed by atoms with E-state index >= 15 is 0 Å². The summed E-state index contributed by atoms with van der Waals surface area (Å²) in [6, 6.07) is 0. The maximum absolute atomic E-state index is 9.41. The van der Waals surface area contributed by atoms with E-state index < -0.39 is 5.68 Å². The van der Waals surface area contributed by atoms with Crippen molar-refractivity contribution in [3.05, 3.63) is 12.7 Å². The molecule has 0 atom stereocenters. The minimum absolute atomic E-state index is 0. The van der Waals surface area contributed by atoms with Crippen LogP contribution >= 0.6 is 0 Å². The molecule has 0 bridgehead atoms. The van der Waals surface area contributed by atoms with Gasteiger partial charge in [0, 0.05) is 28.9 Å². The van der Waals surface area contributed by atoms with E-state index in [1.165, 1.54) is 0 Å². The summed E-state index contributed by atoms with van der Waals surface area (Å²) >= 11 is 0. The van der Waals surface area contributed by atoms with E-state index in [0.29, 0.717) is 0 Å². The largest absolute Gasteiger partial charge is 0.416 e. The topological polar surface area (TPSA) is 17.1 Å². The number of carbonyl (C=O) groups is 1. The zero-order valence-electron chi connectivity index (χ0n) is 3.05. The van der Waals surface area contributed by atoms with E-state index in [0.717, 1.165) is 6.08 Å². The van der Waals surface area contributed by atoms with Crippen LogP contribution < -0.4 is 0 Å². The van der Waals surface area contributed by atoms with Crippen LogP contribution in [0.5, 0.6) is 0 Å². The van der Waals surface area contributed by atoms with Crippen LogP contribution in [0, 0.1) is 6.58 Å². The quantitative estimate of drug-likeness (QED) is 0.353. The zero-order valence-corrected chi connectivity index (χ0v) is 5.98. The summed E-state index contributed by atoms with van der Waals surface area (Å²) in [5.74, 6) is 0. The molecule has 0 amide bonds. The monoisotopic (exact) mass is 249 g/mol. The third-order valence-electron chi connectivity index (χ3n) is 0.164. The first-order valence-electron chi connectivity index (χ1n) is 1.11. The Labute approximate surface area is 52.5 Å². The first-order valence-corrected chi connectivity index (χ1v) is 1.11. The van der Waals surface area contributed by atoms with Gasteiger partial charge in [0.25, 0.3) is 0 Å². The van der Waals surface area contributed by atoms with Crippen molar-refractivity contribution in [1.82, 2.24) is 0 Å². The SMILES string of the molecule is [B]C(=O)C=[CH-].[W]. The maximum atomic E-state index is 9.41. The number of rotatable bonds is 1. The van der Waals surface area contributed by atoms with Crippen LogP contribution in [0.2, 0.25) is 0 Å². The van der Waals surface area contributed by atoms with Crippen molar-refractivity contribution >= 4 is 13.5 Å². The van der Waals surface area contributed by atoms with Gasteiger partial charge in [-0.15, -0.1) is 0 Å². The Morgan fingerprint density at radius 2 is 2.00 bits per heavy atom. The molecule has 0 rings (SSSR count). The smallest absolute Gasteiger partial charge is 0.0274 e. The van der Waals surface area contributed by atoms with Crippen LogP contribution in [0.25, 0.3) is 0 Å². The van der Waals surface area contributed by atoms with E-state index in [-0.39, 0.29) is 21.1 Å². The molecule has 0 unspecified atom stereocenters. The third-order valence-corrected chi connectivity index (χ3v) is 0.164. The predicted octanol–water partition coefficient (Wildman–Crippen LogP) is -0.332. The van der Waals surface area contributed by atoms with Crippen LogP contribution in [-0.4, -0.2) is 13.5 Å². The van der Waals surface area contributed by atoms with Crippen molar-refractivity contribution in [3.8, 4) is 0 Å². The van der Waals surface area contributed by atoms with Gasteiger partial charge in [-0.2, -0.15) is 0 Å². The Kier molecular flexibility index (Phi) is 8.16. The summed E-state index contributed by atoms with van der Waals surface area (Å²) < 4.78 is 0. The van der Waals surface area contributed by atoms with Crippen molar-refractivity contribution in [3.63, 3.8) is 0 Å². The Balaban J connectivity index is 0. The number of hydrogen-bond donors (Lipinski definition) is 0. The molecule has 6 heavy (non-hydrogen) atoms. The molecule has 0 aliphatic heterocycles. The summed E-state index contributed by atoms with van der Waals surface area (Å²) in [6.45, 7) is 4.57. The molecular weight excluding hydrogens is 247 g/mol.